The van der Waals surface area contributed by atoms with Crippen LogP contribution in [0.4, 0.5) is 13.2 Å². The molecule has 2 aliphatic rings. The van der Waals surface area contributed by atoms with Gasteiger partial charge in [-0.15, -0.1) is 0 Å². The van der Waals surface area contributed by atoms with Gasteiger partial charge in [-0.25, -0.2) is 4.99 Å². The van der Waals surface area contributed by atoms with Gasteiger partial charge in [0.1, 0.15) is 6.54 Å². The molecule has 0 bridgehead atoms. The Kier molecular flexibility index (Phi) is 7.80. The summed E-state index contributed by atoms with van der Waals surface area (Å²) in [5.74, 6) is 0.477. The molecule has 172 valence electrons. The largest absolute Gasteiger partial charge is 0.416 e. The van der Waals surface area contributed by atoms with Gasteiger partial charge in [0.15, 0.2) is 5.96 Å². The van der Waals surface area contributed by atoms with Gasteiger partial charge in [-0.05, 0) is 37.3 Å². The molecule has 6 nitrogen and oxygen atoms in total. The summed E-state index contributed by atoms with van der Waals surface area (Å²) in [6.45, 7) is 2.58. The molecule has 1 N–H and O–H groups in total. The molecule has 2 unspecified atom stereocenters. The molecule has 0 saturated carbocycles. The summed E-state index contributed by atoms with van der Waals surface area (Å²) in [5, 5.41) is 3.33. The second-order valence-electron chi connectivity index (χ2n) is 8.35. The predicted molar refractivity (Wildman–Crippen MR) is 113 cm³/mol. The number of amides is 1. The number of nitrogens with one attached hydrogen (secondary N) is 1. The molecule has 1 aromatic carbocycles. The highest BCUT2D eigenvalue weighted by atomic mass is 19.4. The van der Waals surface area contributed by atoms with Gasteiger partial charge in [-0.1, -0.05) is 18.2 Å². The van der Waals surface area contributed by atoms with E-state index in [4.69, 9.17) is 4.74 Å². The fraction of sp³-hybridized carbons (Fsp3) is 0.636. The maximum Gasteiger partial charge on any atom is 0.416 e. The van der Waals surface area contributed by atoms with Crippen LogP contribution in [-0.4, -0.2) is 74.7 Å². The highest BCUT2D eigenvalue weighted by Crippen LogP contribution is 2.33. The van der Waals surface area contributed by atoms with E-state index in [1.807, 2.05) is 4.90 Å². The number of rotatable bonds is 5. The average molecular weight is 441 g/mol. The molecule has 3 rings (SSSR count). The van der Waals surface area contributed by atoms with Crippen molar-refractivity contribution in [3.63, 3.8) is 0 Å². The lowest BCUT2D eigenvalue weighted by Crippen LogP contribution is -2.44. The number of halogens is 3. The molecule has 2 fully saturated rings. The van der Waals surface area contributed by atoms with Crippen LogP contribution in [0.2, 0.25) is 0 Å². The van der Waals surface area contributed by atoms with E-state index in [2.05, 4.69) is 10.3 Å². The standard InChI is InChI=1S/C22H31F3N4O2/c1-28(2)20(30)14-27-21(26-13-19-8-3-4-11-31-19)29-10-9-17(15-29)16-6-5-7-18(12-16)22(23,24)25/h5-7,12,17,19H,3-4,8-11,13-15H2,1-2H3,(H,26,27). The number of carbonyl (C=O) groups is 1. The summed E-state index contributed by atoms with van der Waals surface area (Å²) >= 11 is 0. The van der Waals surface area contributed by atoms with Crippen LogP contribution < -0.4 is 5.32 Å². The molecule has 1 amide bonds. The van der Waals surface area contributed by atoms with Gasteiger partial charge in [0.2, 0.25) is 5.91 Å². The Morgan fingerprint density at radius 1 is 1.29 bits per heavy atom. The maximum atomic E-state index is 13.1. The van der Waals surface area contributed by atoms with Gasteiger partial charge in [-0.3, -0.25) is 4.79 Å². The Morgan fingerprint density at radius 2 is 2.10 bits per heavy atom. The van der Waals surface area contributed by atoms with Crippen molar-refractivity contribution in [1.82, 2.24) is 15.1 Å². The number of alkyl halides is 3. The van der Waals surface area contributed by atoms with Crippen molar-refractivity contribution < 1.29 is 22.7 Å². The van der Waals surface area contributed by atoms with E-state index in [1.54, 1.807) is 20.2 Å². The number of carbonyl (C=O) groups excluding carboxylic acids is 1. The number of likely N-dealkylation sites (tertiary alicyclic amines) is 1. The van der Waals surface area contributed by atoms with Crippen LogP contribution in [0.15, 0.2) is 29.3 Å². The molecule has 2 aliphatic heterocycles. The molecule has 9 heteroatoms. The molecular formula is C22H31F3N4O2. The van der Waals surface area contributed by atoms with Crippen molar-refractivity contribution >= 4 is 11.9 Å². The van der Waals surface area contributed by atoms with Crippen LogP contribution in [0.5, 0.6) is 0 Å². The predicted octanol–water partition coefficient (Wildman–Crippen LogP) is 3.10. The Bertz CT molecular complexity index is 776. The lowest BCUT2D eigenvalue weighted by atomic mass is 9.96. The van der Waals surface area contributed by atoms with Gasteiger partial charge < -0.3 is 19.9 Å². The average Bonchev–Trinajstić information content (AvgIpc) is 3.24. The lowest BCUT2D eigenvalue weighted by molar-refractivity contribution is -0.137. The van der Waals surface area contributed by atoms with E-state index in [0.717, 1.165) is 38.4 Å². The number of guanidine groups is 1. The summed E-state index contributed by atoms with van der Waals surface area (Å²) < 4.78 is 45.0. The molecule has 2 heterocycles. The summed E-state index contributed by atoms with van der Waals surface area (Å²) in [5.41, 5.74) is 0.0538. The third-order valence-corrected chi connectivity index (χ3v) is 5.80. The summed E-state index contributed by atoms with van der Waals surface area (Å²) in [4.78, 5) is 20.0. The fourth-order valence-corrected chi connectivity index (χ4v) is 3.92. The molecule has 1 aromatic rings. The van der Waals surface area contributed by atoms with Crippen LogP contribution in [0.1, 0.15) is 42.7 Å². The number of hydrogen-bond donors (Lipinski definition) is 1. The van der Waals surface area contributed by atoms with Crippen LogP contribution in [0.3, 0.4) is 0 Å². The molecule has 0 radical (unpaired) electrons. The topological polar surface area (TPSA) is 57.2 Å². The molecular weight excluding hydrogens is 409 g/mol. The highest BCUT2D eigenvalue weighted by Gasteiger charge is 2.32. The minimum absolute atomic E-state index is 0.0194. The number of aliphatic imine (C=N–C) groups is 1. The van der Waals surface area contributed by atoms with Gasteiger partial charge in [0.25, 0.3) is 0 Å². The van der Waals surface area contributed by atoms with Gasteiger partial charge in [0, 0.05) is 46.3 Å². The van der Waals surface area contributed by atoms with Crippen molar-refractivity contribution in [3.05, 3.63) is 35.4 Å². The zero-order valence-electron chi connectivity index (χ0n) is 18.1. The van der Waals surface area contributed by atoms with Crippen LogP contribution >= 0.6 is 0 Å². The first kappa shape index (κ1) is 23.4. The minimum atomic E-state index is -4.35. The van der Waals surface area contributed by atoms with Crippen LogP contribution in [-0.2, 0) is 15.7 Å². The van der Waals surface area contributed by atoms with E-state index < -0.39 is 11.7 Å². The van der Waals surface area contributed by atoms with Crippen molar-refractivity contribution in [2.45, 2.75) is 43.9 Å². The van der Waals surface area contributed by atoms with E-state index in [-0.39, 0.29) is 24.5 Å². The zero-order chi connectivity index (χ0) is 22.4. The Hall–Kier alpha value is -2.29. The molecule has 31 heavy (non-hydrogen) atoms. The first-order valence-electron chi connectivity index (χ1n) is 10.8. The highest BCUT2D eigenvalue weighted by molar-refractivity contribution is 5.85. The first-order valence-corrected chi connectivity index (χ1v) is 10.8. The second-order valence-corrected chi connectivity index (χ2v) is 8.35. The van der Waals surface area contributed by atoms with E-state index in [9.17, 15) is 18.0 Å². The second kappa shape index (κ2) is 10.3. The zero-order valence-corrected chi connectivity index (χ0v) is 18.1. The van der Waals surface area contributed by atoms with Crippen molar-refractivity contribution in [3.8, 4) is 0 Å². The number of ether oxygens (including phenoxy) is 1. The number of benzene rings is 1. The molecule has 0 spiro atoms. The van der Waals surface area contributed by atoms with E-state index in [1.165, 1.54) is 17.0 Å². The Labute approximate surface area is 181 Å². The van der Waals surface area contributed by atoms with Gasteiger partial charge in [-0.2, -0.15) is 13.2 Å². The third-order valence-electron chi connectivity index (χ3n) is 5.80. The minimum Gasteiger partial charge on any atom is -0.376 e. The normalized spacial score (nSPS) is 22.5. The monoisotopic (exact) mass is 440 g/mol. The Balaban J connectivity index is 1.68. The molecule has 0 aromatic heterocycles. The van der Waals surface area contributed by atoms with Gasteiger partial charge >= 0.3 is 6.18 Å². The number of hydrogen-bond acceptors (Lipinski definition) is 3. The smallest absolute Gasteiger partial charge is 0.376 e. The quantitative estimate of drug-likeness (QED) is 0.565. The molecule has 2 saturated heterocycles. The van der Waals surface area contributed by atoms with Crippen LogP contribution in [0.25, 0.3) is 0 Å². The molecule has 0 aliphatic carbocycles. The summed E-state index contributed by atoms with van der Waals surface area (Å²) in [6, 6.07) is 5.55. The summed E-state index contributed by atoms with van der Waals surface area (Å²) in [6.07, 6.45) is -0.355. The Morgan fingerprint density at radius 3 is 2.77 bits per heavy atom. The van der Waals surface area contributed by atoms with Crippen molar-refractivity contribution in [2.24, 2.45) is 4.99 Å². The third kappa shape index (κ3) is 6.59. The van der Waals surface area contributed by atoms with Gasteiger partial charge in [0.05, 0.1) is 11.7 Å². The van der Waals surface area contributed by atoms with Crippen molar-refractivity contribution in [1.29, 1.82) is 0 Å². The summed E-state index contributed by atoms with van der Waals surface area (Å²) in [7, 11) is 3.36. The number of likely N-dealkylation sites (N-methyl/N-ethyl adjacent to an activating group) is 1. The molecule has 2 atom stereocenters. The fourth-order valence-electron chi connectivity index (χ4n) is 3.92. The van der Waals surface area contributed by atoms with E-state index in [0.29, 0.717) is 31.2 Å². The number of nitrogens with zero attached hydrogens (tertiary/aromatic N) is 3. The van der Waals surface area contributed by atoms with Crippen LogP contribution in [0, 0.1) is 0 Å². The van der Waals surface area contributed by atoms with Crippen molar-refractivity contribution in [2.75, 3.05) is 46.9 Å². The first-order chi connectivity index (χ1) is 14.7. The lowest BCUT2D eigenvalue weighted by Gasteiger charge is -2.27. The maximum absolute atomic E-state index is 13.1. The van der Waals surface area contributed by atoms with E-state index >= 15 is 0 Å². The SMILES string of the molecule is CN(C)C(=O)CN=C(NCC1CCCCO1)N1CCC(c2cccc(C(F)(F)F)c2)C1.